The summed E-state index contributed by atoms with van der Waals surface area (Å²) in [5.41, 5.74) is 5.41. The third kappa shape index (κ3) is 3.61. The minimum atomic E-state index is -0.579. The van der Waals surface area contributed by atoms with Crippen molar-refractivity contribution in [2.75, 3.05) is 0 Å². The van der Waals surface area contributed by atoms with E-state index in [1.165, 1.54) is 4.68 Å². The van der Waals surface area contributed by atoms with Crippen LogP contribution < -0.4 is 16.4 Å². The predicted molar refractivity (Wildman–Crippen MR) is 97.4 cm³/mol. The molecule has 3 rings (SSSR count). The Hall–Kier alpha value is -3.48. The first-order valence-corrected chi connectivity index (χ1v) is 8.23. The van der Waals surface area contributed by atoms with Crippen LogP contribution >= 0.6 is 0 Å². The molecule has 0 saturated heterocycles. The average Bonchev–Trinajstić information content (AvgIpc) is 2.67. The highest BCUT2D eigenvalue weighted by atomic mass is 16.2. The maximum absolute atomic E-state index is 12.5. The lowest BCUT2D eigenvalue weighted by Gasteiger charge is -2.11. The Morgan fingerprint density at radius 3 is 2.31 bits per heavy atom. The number of hydrazine groups is 1. The summed E-state index contributed by atoms with van der Waals surface area (Å²) in [7, 11) is 0. The van der Waals surface area contributed by atoms with E-state index in [1.54, 1.807) is 31.2 Å². The van der Waals surface area contributed by atoms with Crippen molar-refractivity contribution in [3.05, 3.63) is 76.2 Å². The molecule has 7 nitrogen and oxygen atoms in total. The minimum absolute atomic E-state index is 0.0852. The van der Waals surface area contributed by atoms with Crippen LogP contribution in [0.1, 0.15) is 23.0 Å². The highest BCUT2D eigenvalue weighted by molar-refractivity contribution is 6.05. The number of hydrogen-bond acceptors (Lipinski definition) is 4. The number of benzene rings is 2. The molecule has 0 fully saturated rings. The topological polar surface area (TPSA) is 93.1 Å². The molecule has 0 aliphatic carbocycles. The molecule has 2 amide bonds. The molecule has 132 valence electrons. The smallest absolute Gasteiger partial charge is 0.273 e. The highest BCUT2D eigenvalue weighted by Gasteiger charge is 2.16. The second kappa shape index (κ2) is 7.60. The Bertz CT molecular complexity index is 1010. The van der Waals surface area contributed by atoms with Crippen LogP contribution in [0, 0.1) is 0 Å². The van der Waals surface area contributed by atoms with Crippen LogP contribution in [0.5, 0.6) is 0 Å². The van der Waals surface area contributed by atoms with Gasteiger partial charge in [-0.05, 0) is 18.6 Å². The lowest BCUT2D eigenvalue weighted by molar-refractivity contribution is -0.121. The van der Waals surface area contributed by atoms with Crippen molar-refractivity contribution < 1.29 is 9.59 Å². The summed E-state index contributed by atoms with van der Waals surface area (Å²) in [5, 5.41) is 4.97. The Labute approximate surface area is 149 Å². The number of fused-ring (bicyclic) bond motifs is 1. The van der Waals surface area contributed by atoms with Gasteiger partial charge in [0.15, 0.2) is 5.69 Å². The molecule has 0 unspecified atom stereocenters. The summed E-state index contributed by atoms with van der Waals surface area (Å²) >= 11 is 0. The normalized spacial score (nSPS) is 10.5. The number of aryl methyl sites for hydroxylation is 1. The van der Waals surface area contributed by atoms with Gasteiger partial charge < -0.3 is 0 Å². The number of rotatable bonds is 4. The van der Waals surface area contributed by atoms with Crippen molar-refractivity contribution in [1.29, 1.82) is 0 Å². The van der Waals surface area contributed by atoms with Gasteiger partial charge in [0.05, 0.1) is 11.8 Å². The molecule has 7 heteroatoms. The van der Waals surface area contributed by atoms with E-state index in [1.807, 2.05) is 30.3 Å². The van der Waals surface area contributed by atoms with E-state index < -0.39 is 5.91 Å². The molecule has 1 heterocycles. The van der Waals surface area contributed by atoms with Gasteiger partial charge in [0.2, 0.25) is 5.91 Å². The fourth-order valence-electron chi connectivity index (χ4n) is 2.63. The van der Waals surface area contributed by atoms with E-state index in [0.29, 0.717) is 17.3 Å². The maximum atomic E-state index is 12.5. The number of nitrogens with zero attached hydrogens (tertiary/aromatic N) is 2. The first-order chi connectivity index (χ1) is 12.6. The molecule has 0 bridgehead atoms. The first kappa shape index (κ1) is 17.3. The minimum Gasteiger partial charge on any atom is -0.273 e. The summed E-state index contributed by atoms with van der Waals surface area (Å²) < 4.78 is 1.23. The van der Waals surface area contributed by atoms with Crippen LogP contribution in [0.2, 0.25) is 0 Å². The van der Waals surface area contributed by atoms with Crippen molar-refractivity contribution in [3.63, 3.8) is 0 Å². The van der Waals surface area contributed by atoms with Gasteiger partial charge in [-0.3, -0.25) is 25.2 Å². The molecule has 0 radical (unpaired) electrons. The molecule has 0 atom stereocenters. The Morgan fingerprint density at radius 1 is 0.962 bits per heavy atom. The fraction of sp³-hybridized carbons (Fsp3) is 0.158. The Balaban J connectivity index is 1.79. The molecule has 1 aromatic heterocycles. The standard InChI is InChI=1S/C19H18N4O3/c1-2-23-19(26)15-11-7-6-10-14(15)17(22-23)18(25)21-20-16(24)12-13-8-4-3-5-9-13/h3-11H,2,12H2,1H3,(H,20,24)(H,21,25). The van der Waals surface area contributed by atoms with E-state index in [-0.39, 0.29) is 23.6 Å². The fourth-order valence-corrected chi connectivity index (χ4v) is 2.63. The van der Waals surface area contributed by atoms with E-state index in [4.69, 9.17) is 0 Å². The van der Waals surface area contributed by atoms with Crippen LogP contribution in [0.4, 0.5) is 0 Å². The molecule has 0 aliphatic rings. The van der Waals surface area contributed by atoms with Crippen LogP contribution in [0.15, 0.2) is 59.4 Å². The molecule has 2 aromatic carbocycles. The van der Waals surface area contributed by atoms with Crippen LogP contribution in [0.25, 0.3) is 10.8 Å². The zero-order valence-electron chi connectivity index (χ0n) is 14.2. The number of amides is 2. The zero-order valence-corrected chi connectivity index (χ0v) is 14.2. The van der Waals surface area contributed by atoms with E-state index >= 15 is 0 Å². The molecule has 0 saturated carbocycles. The highest BCUT2D eigenvalue weighted by Crippen LogP contribution is 2.13. The van der Waals surface area contributed by atoms with Gasteiger partial charge in [-0.2, -0.15) is 5.10 Å². The predicted octanol–water partition coefficient (Wildman–Crippen LogP) is 1.42. The lowest BCUT2D eigenvalue weighted by atomic mass is 10.1. The van der Waals surface area contributed by atoms with Gasteiger partial charge >= 0.3 is 0 Å². The maximum Gasteiger partial charge on any atom is 0.290 e. The lowest BCUT2D eigenvalue weighted by Crippen LogP contribution is -2.43. The molecule has 0 aliphatic heterocycles. The van der Waals surface area contributed by atoms with Gasteiger partial charge in [0, 0.05) is 11.9 Å². The molecule has 2 N–H and O–H groups in total. The molecular formula is C19H18N4O3. The quantitative estimate of drug-likeness (QED) is 0.696. The number of hydrogen-bond donors (Lipinski definition) is 2. The molecule has 3 aromatic rings. The second-order valence-electron chi connectivity index (χ2n) is 5.68. The van der Waals surface area contributed by atoms with Gasteiger partial charge in [-0.1, -0.05) is 48.5 Å². The molecular weight excluding hydrogens is 332 g/mol. The monoisotopic (exact) mass is 350 g/mol. The summed E-state index contributed by atoms with van der Waals surface area (Å²) in [6, 6.07) is 16.0. The Morgan fingerprint density at radius 2 is 1.62 bits per heavy atom. The van der Waals surface area contributed by atoms with Crippen LogP contribution in [-0.4, -0.2) is 21.6 Å². The van der Waals surface area contributed by atoms with E-state index in [0.717, 1.165) is 5.56 Å². The number of carbonyl (C=O) groups is 2. The SMILES string of the molecule is CCn1nc(C(=O)NNC(=O)Cc2ccccc2)c2ccccc2c1=O. The second-order valence-corrected chi connectivity index (χ2v) is 5.68. The average molecular weight is 350 g/mol. The van der Waals surface area contributed by atoms with Gasteiger partial charge in [0.1, 0.15) is 0 Å². The number of carbonyl (C=O) groups excluding carboxylic acids is 2. The van der Waals surface area contributed by atoms with E-state index in [9.17, 15) is 14.4 Å². The molecule has 0 spiro atoms. The number of nitrogens with one attached hydrogen (secondary N) is 2. The summed E-state index contributed by atoms with van der Waals surface area (Å²) in [6.45, 7) is 2.11. The summed E-state index contributed by atoms with van der Waals surface area (Å²) in [5.74, 6) is -0.928. The van der Waals surface area contributed by atoms with E-state index in [2.05, 4.69) is 16.0 Å². The largest absolute Gasteiger partial charge is 0.290 e. The van der Waals surface area contributed by atoms with Crippen molar-refractivity contribution >= 4 is 22.6 Å². The number of aromatic nitrogens is 2. The third-order valence-corrected chi connectivity index (χ3v) is 3.91. The van der Waals surface area contributed by atoms with Gasteiger partial charge in [-0.15, -0.1) is 0 Å². The van der Waals surface area contributed by atoms with Crippen molar-refractivity contribution in [2.45, 2.75) is 19.9 Å². The Kier molecular flexibility index (Phi) is 5.07. The van der Waals surface area contributed by atoms with Crippen molar-refractivity contribution in [3.8, 4) is 0 Å². The summed E-state index contributed by atoms with van der Waals surface area (Å²) in [6.07, 6.45) is 0.143. The zero-order chi connectivity index (χ0) is 18.5. The van der Waals surface area contributed by atoms with Crippen molar-refractivity contribution in [2.24, 2.45) is 0 Å². The van der Waals surface area contributed by atoms with Gasteiger partial charge in [-0.25, -0.2) is 4.68 Å². The summed E-state index contributed by atoms with van der Waals surface area (Å²) in [4.78, 5) is 36.8. The van der Waals surface area contributed by atoms with Crippen LogP contribution in [0.3, 0.4) is 0 Å². The molecule has 26 heavy (non-hydrogen) atoms. The van der Waals surface area contributed by atoms with Gasteiger partial charge in [0.25, 0.3) is 11.5 Å². The van der Waals surface area contributed by atoms with Crippen LogP contribution in [-0.2, 0) is 17.8 Å². The first-order valence-electron chi connectivity index (χ1n) is 8.23. The van der Waals surface area contributed by atoms with Crippen molar-refractivity contribution in [1.82, 2.24) is 20.6 Å². The third-order valence-electron chi connectivity index (χ3n) is 3.91.